The van der Waals surface area contributed by atoms with Gasteiger partial charge in [-0.1, -0.05) is 0 Å². The first-order valence-corrected chi connectivity index (χ1v) is 8.39. The van der Waals surface area contributed by atoms with Crippen LogP contribution in [0.2, 0.25) is 0 Å². The van der Waals surface area contributed by atoms with E-state index in [1.54, 1.807) is 59.1 Å². The first-order chi connectivity index (χ1) is 12.0. The molecule has 1 amide bonds. The summed E-state index contributed by atoms with van der Waals surface area (Å²) in [6, 6.07) is 8.91. The van der Waals surface area contributed by atoms with Crippen LogP contribution in [-0.4, -0.2) is 20.0 Å². The van der Waals surface area contributed by atoms with Crippen molar-refractivity contribution in [1.29, 1.82) is 0 Å². The molecule has 0 unspecified atom stereocenters. The van der Waals surface area contributed by atoms with Crippen molar-refractivity contribution < 1.29 is 9.21 Å². The molecule has 0 saturated heterocycles. The van der Waals surface area contributed by atoms with Gasteiger partial charge in [-0.3, -0.25) is 13.9 Å². The number of benzene rings is 1. The number of hydrogen-bond donors (Lipinski definition) is 1. The van der Waals surface area contributed by atoms with Crippen molar-refractivity contribution in [2.24, 2.45) is 14.1 Å². The van der Waals surface area contributed by atoms with E-state index >= 15 is 0 Å². The highest BCUT2D eigenvalue weighted by Crippen LogP contribution is 2.24. The van der Waals surface area contributed by atoms with Crippen LogP contribution in [0.15, 0.2) is 51.2 Å². The van der Waals surface area contributed by atoms with Gasteiger partial charge in [0.2, 0.25) is 0 Å². The number of thiazole rings is 1. The summed E-state index contributed by atoms with van der Waals surface area (Å²) >= 11 is 1.34. The lowest BCUT2D eigenvalue weighted by atomic mass is 10.2. The number of aryl methyl sites for hydroxylation is 2. The fourth-order valence-electron chi connectivity index (χ4n) is 2.67. The summed E-state index contributed by atoms with van der Waals surface area (Å²) < 4.78 is 8.40. The Morgan fingerprint density at radius 2 is 2.00 bits per heavy atom. The average Bonchev–Trinajstić information content (AvgIpc) is 3.33. The molecule has 0 spiro atoms. The molecule has 25 heavy (non-hydrogen) atoms. The topological polar surface area (TPSA) is 82.1 Å². The van der Waals surface area contributed by atoms with E-state index in [4.69, 9.17) is 4.42 Å². The molecular weight excluding hydrogens is 340 g/mol. The van der Waals surface area contributed by atoms with Crippen molar-refractivity contribution in [2.45, 2.75) is 0 Å². The summed E-state index contributed by atoms with van der Waals surface area (Å²) in [5.41, 5.74) is 2.37. The zero-order valence-electron chi connectivity index (χ0n) is 13.5. The number of carbonyl (C=O) groups excluding carboxylic acids is 1. The van der Waals surface area contributed by atoms with Crippen molar-refractivity contribution in [2.75, 3.05) is 5.32 Å². The minimum Gasteiger partial charge on any atom is -0.462 e. The zero-order valence-corrected chi connectivity index (χ0v) is 14.3. The highest BCUT2D eigenvalue weighted by molar-refractivity contribution is 7.13. The lowest BCUT2D eigenvalue weighted by Crippen LogP contribution is -2.19. The van der Waals surface area contributed by atoms with Gasteiger partial charge in [-0.2, -0.15) is 0 Å². The third-order valence-corrected chi connectivity index (χ3v) is 4.86. The van der Waals surface area contributed by atoms with E-state index in [9.17, 15) is 9.59 Å². The Kier molecular flexibility index (Phi) is 3.54. The van der Waals surface area contributed by atoms with E-state index < -0.39 is 0 Å². The highest BCUT2D eigenvalue weighted by atomic mass is 32.1. The summed E-state index contributed by atoms with van der Waals surface area (Å²) in [6.45, 7) is 0. The predicted octanol–water partition coefficient (Wildman–Crippen LogP) is 2.85. The van der Waals surface area contributed by atoms with Crippen molar-refractivity contribution in [3.05, 3.63) is 58.2 Å². The van der Waals surface area contributed by atoms with Gasteiger partial charge in [-0.15, -0.1) is 11.3 Å². The smallest absolute Gasteiger partial charge is 0.328 e. The van der Waals surface area contributed by atoms with Crippen molar-refractivity contribution in [1.82, 2.24) is 14.1 Å². The number of imidazole rings is 1. The van der Waals surface area contributed by atoms with E-state index in [0.717, 1.165) is 11.0 Å². The van der Waals surface area contributed by atoms with Crippen LogP contribution in [0.4, 0.5) is 5.69 Å². The molecule has 3 heterocycles. The molecule has 0 fully saturated rings. The highest BCUT2D eigenvalue weighted by Gasteiger charge is 2.14. The molecule has 0 saturated carbocycles. The van der Waals surface area contributed by atoms with Gasteiger partial charge in [-0.05, 0) is 30.3 Å². The van der Waals surface area contributed by atoms with Gasteiger partial charge < -0.3 is 9.73 Å². The summed E-state index contributed by atoms with van der Waals surface area (Å²) in [7, 11) is 3.42. The normalized spacial score (nSPS) is 11.1. The third-order valence-electron chi connectivity index (χ3n) is 4.00. The zero-order chi connectivity index (χ0) is 17.6. The monoisotopic (exact) mass is 354 g/mol. The number of hydrogen-bond acceptors (Lipinski definition) is 5. The first-order valence-electron chi connectivity index (χ1n) is 7.51. The van der Waals surface area contributed by atoms with Crippen LogP contribution in [0.1, 0.15) is 10.5 Å². The molecule has 126 valence electrons. The van der Waals surface area contributed by atoms with Gasteiger partial charge in [0.05, 0.1) is 17.3 Å². The molecular formula is C17H14N4O3S. The summed E-state index contributed by atoms with van der Waals surface area (Å²) in [5, 5.41) is 5.15. The van der Waals surface area contributed by atoms with E-state index in [0.29, 0.717) is 22.1 Å². The Hall–Kier alpha value is -3.13. The molecule has 4 rings (SSSR count). The Morgan fingerprint density at radius 3 is 2.76 bits per heavy atom. The second-order valence-electron chi connectivity index (χ2n) is 5.57. The van der Waals surface area contributed by atoms with Crippen LogP contribution in [0.3, 0.4) is 0 Å². The molecule has 0 bridgehead atoms. The predicted molar refractivity (Wildman–Crippen MR) is 95.9 cm³/mol. The Labute approximate surface area is 146 Å². The maximum Gasteiger partial charge on any atom is 0.328 e. The fourth-order valence-corrected chi connectivity index (χ4v) is 3.44. The van der Waals surface area contributed by atoms with E-state index in [2.05, 4.69) is 10.3 Å². The molecule has 0 aliphatic heterocycles. The number of rotatable bonds is 3. The summed E-state index contributed by atoms with van der Waals surface area (Å²) in [4.78, 5) is 28.7. The minimum absolute atomic E-state index is 0.110. The quantitative estimate of drug-likeness (QED) is 0.613. The molecule has 8 heteroatoms. The molecule has 3 aromatic heterocycles. The van der Waals surface area contributed by atoms with Crippen molar-refractivity contribution >= 4 is 34.0 Å². The van der Waals surface area contributed by atoms with E-state index in [1.807, 2.05) is 6.07 Å². The van der Waals surface area contributed by atoms with Gasteiger partial charge in [0.25, 0.3) is 5.91 Å². The van der Waals surface area contributed by atoms with Crippen molar-refractivity contribution in [3.63, 3.8) is 0 Å². The molecule has 1 aromatic carbocycles. The van der Waals surface area contributed by atoms with Gasteiger partial charge in [0.15, 0.2) is 10.8 Å². The third kappa shape index (κ3) is 2.56. The molecule has 0 atom stereocenters. The maximum atomic E-state index is 12.4. The van der Waals surface area contributed by atoms with Gasteiger partial charge in [0.1, 0.15) is 5.69 Å². The van der Waals surface area contributed by atoms with Crippen LogP contribution in [0.25, 0.3) is 21.8 Å². The lowest BCUT2D eigenvalue weighted by Gasteiger charge is -2.04. The average molecular weight is 354 g/mol. The van der Waals surface area contributed by atoms with Crippen LogP contribution in [-0.2, 0) is 14.1 Å². The number of fused-ring (bicyclic) bond motifs is 1. The second-order valence-corrected chi connectivity index (χ2v) is 6.43. The van der Waals surface area contributed by atoms with E-state index in [-0.39, 0.29) is 11.6 Å². The largest absolute Gasteiger partial charge is 0.462 e. The van der Waals surface area contributed by atoms with E-state index in [1.165, 1.54) is 11.3 Å². The Morgan fingerprint density at radius 1 is 1.20 bits per heavy atom. The molecule has 7 nitrogen and oxygen atoms in total. The van der Waals surface area contributed by atoms with Crippen LogP contribution < -0.4 is 11.0 Å². The summed E-state index contributed by atoms with van der Waals surface area (Å²) in [6.07, 6.45) is 1.57. The SMILES string of the molecule is Cn1c(=O)n(C)c2cc(NC(=O)c3csc(-c4ccco4)n3)ccc21. The van der Waals surface area contributed by atoms with Gasteiger partial charge in [0, 0.05) is 25.2 Å². The Balaban J connectivity index is 1.62. The van der Waals surface area contributed by atoms with Gasteiger partial charge >= 0.3 is 5.69 Å². The molecule has 0 aliphatic rings. The molecule has 0 radical (unpaired) electrons. The first kappa shape index (κ1) is 15.4. The summed E-state index contributed by atoms with van der Waals surface area (Å²) in [5.74, 6) is 0.319. The number of nitrogens with one attached hydrogen (secondary N) is 1. The second kappa shape index (κ2) is 5.75. The van der Waals surface area contributed by atoms with Crippen LogP contribution >= 0.6 is 11.3 Å². The maximum absolute atomic E-state index is 12.4. The number of amides is 1. The molecule has 1 N–H and O–H groups in total. The van der Waals surface area contributed by atoms with Crippen LogP contribution in [0.5, 0.6) is 0 Å². The number of anilines is 1. The van der Waals surface area contributed by atoms with Crippen LogP contribution in [0, 0.1) is 0 Å². The number of nitrogens with zero attached hydrogens (tertiary/aromatic N) is 3. The lowest BCUT2D eigenvalue weighted by molar-refractivity contribution is 0.102. The fraction of sp³-hybridized carbons (Fsp3) is 0.118. The Bertz CT molecular complexity index is 1130. The molecule has 4 aromatic rings. The standard InChI is InChI=1S/C17H14N4O3S/c1-20-12-6-5-10(8-13(12)21(2)17(20)23)18-15(22)11-9-25-16(19-11)14-4-3-7-24-14/h3-9H,1-2H3,(H,18,22). The minimum atomic E-state index is -0.311. The van der Waals surface area contributed by atoms with Gasteiger partial charge in [-0.25, -0.2) is 9.78 Å². The number of carbonyl (C=O) groups is 1. The van der Waals surface area contributed by atoms with Crippen molar-refractivity contribution in [3.8, 4) is 10.8 Å². The molecule has 0 aliphatic carbocycles. The number of aromatic nitrogens is 3. The number of furan rings is 1.